The number of nitrogens with zero attached hydrogens (tertiary/aromatic N) is 2. The largest absolute Gasteiger partial charge is 0.481 e. The van der Waals surface area contributed by atoms with Crippen LogP contribution in [-0.2, 0) is 20.8 Å². The maximum Gasteiger partial charge on any atom is 0.307 e. The Morgan fingerprint density at radius 2 is 1.74 bits per heavy atom. The number of aliphatic carboxylic acids is 1. The van der Waals surface area contributed by atoms with Crippen LogP contribution < -0.4 is 15.5 Å². The molecule has 3 N–H and O–H groups in total. The molecule has 1 aliphatic heterocycles. The molecule has 4 rings (SSSR count). The maximum atomic E-state index is 13.2. The fourth-order valence-corrected chi connectivity index (χ4v) is 4.49. The molecule has 0 unspecified atom stereocenters. The highest BCUT2D eigenvalue weighted by Crippen LogP contribution is 2.39. The molecule has 0 saturated carbocycles. The van der Waals surface area contributed by atoms with E-state index < -0.39 is 5.97 Å². The number of amides is 2. The Morgan fingerprint density at radius 1 is 1.00 bits per heavy atom. The molecule has 3 aromatic rings. The second-order valence-corrected chi connectivity index (χ2v) is 9.75. The highest BCUT2D eigenvalue weighted by Gasteiger charge is 2.29. The summed E-state index contributed by atoms with van der Waals surface area (Å²) in [5, 5.41) is 16.0. The van der Waals surface area contributed by atoms with Gasteiger partial charge >= 0.3 is 5.97 Å². The SMILES string of the molecule is CC(=O)N(CCN(C)C)c1ccc(NC(=C2C(=O)Nc3cc(Cl)ccc32)c2cccc(CC(=O)O)c2)cc1. The van der Waals surface area contributed by atoms with Crippen molar-refractivity contribution in [1.82, 2.24) is 4.90 Å². The topological polar surface area (TPSA) is 102 Å². The molecule has 0 aromatic heterocycles. The van der Waals surface area contributed by atoms with Gasteiger partial charge in [0.2, 0.25) is 5.91 Å². The molecular weight excluding hydrogens is 504 g/mol. The summed E-state index contributed by atoms with van der Waals surface area (Å²) >= 11 is 6.15. The lowest BCUT2D eigenvalue weighted by Gasteiger charge is -2.23. The number of nitrogens with one attached hydrogen (secondary N) is 2. The van der Waals surface area contributed by atoms with Crippen LogP contribution in [0.4, 0.5) is 17.1 Å². The van der Waals surface area contributed by atoms with Gasteiger partial charge in [-0.15, -0.1) is 0 Å². The van der Waals surface area contributed by atoms with E-state index in [9.17, 15) is 19.5 Å². The number of carbonyl (C=O) groups is 3. The third kappa shape index (κ3) is 6.22. The summed E-state index contributed by atoms with van der Waals surface area (Å²) in [6.45, 7) is 2.82. The van der Waals surface area contributed by atoms with Gasteiger partial charge < -0.3 is 25.5 Å². The molecule has 1 heterocycles. The van der Waals surface area contributed by atoms with E-state index in [2.05, 4.69) is 10.6 Å². The van der Waals surface area contributed by atoms with Gasteiger partial charge in [0.15, 0.2) is 0 Å². The molecule has 8 nitrogen and oxygen atoms in total. The van der Waals surface area contributed by atoms with E-state index in [1.54, 1.807) is 41.3 Å². The highest BCUT2D eigenvalue weighted by atomic mass is 35.5. The molecule has 0 radical (unpaired) electrons. The van der Waals surface area contributed by atoms with Crippen molar-refractivity contribution in [1.29, 1.82) is 0 Å². The van der Waals surface area contributed by atoms with Crippen LogP contribution in [0.2, 0.25) is 5.02 Å². The minimum absolute atomic E-state index is 0.0523. The van der Waals surface area contributed by atoms with Gasteiger partial charge in [-0.2, -0.15) is 0 Å². The van der Waals surface area contributed by atoms with Crippen LogP contribution in [0, 0.1) is 0 Å². The van der Waals surface area contributed by atoms with Gasteiger partial charge in [0.25, 0.3) is 5.91 Å². The standard InChI is InChI=1S/C29H29ClN4O4/c1-18(35)34(14-13-33(2)3)23-10-8-22(9-11-23)31-28(20-6-4-5-19(15-20)16-26(36)37)27-24-12-7-21(30)17-25(24)32-29(27)38/h4-12,15,17,31H,13-14,16H2,1-3H3,(H,32,38)(H,36,37). The van der Waals surface area contributed by atoms with Crippen LogP contribution in [0.1, 0.15) is 23.6 Å². The zero-order valence-corrected chi connectivity index (χ0v) is 22.2. The second-order valence-electron chi connectivity index (χ2n) is 9.31. The molecule has 3 aromatic carbocycles. The molecular formula is C29H29ClN4O4. The van der Waals surface area contributed by atoms with Gasteiger partial charge in [-0.1, -0.05) is 35.9 Å². The van der Waals surface area contributed by atoms with Crippen LogP contribution in [0.3, 0.4) is 0 Å². The predicted molar refractivity (Wildman–Crippen MR) is 151 cm³/mol. The Balaban J connectivity index is 1.75. The third-order valence-corrected chi connectivity index (χ3v) is 6.38. The number of carboxylic acid groups (broad SMARTS) is 1. The van der Waals surface area contributed by atoms with Crippen LogP contribution in [-0.4, -0.2) is 55.0 Å². The smallest absolute Gasteiger partial charge is 0.307 e. The summed E-state index contributed by atoms with van der Waals surface area (Å²) in [6.07, 6.45) is -0.141. The number of halogens is 1. The van der Waals surface area contributed by atoms with E-state index in [4.69, 9.17) is 11.6 Å². The number of benzene rings is 3. The molecule has 196 valence electrons. The fraction of sp³-hybridized carbons (Fsp3) is 0.207. The van der Waals surface area contributed by atoms with Crippen molar-refractivity contribution < 1.29 is 19.5 Å². The van der Waals surface area contributed by atoms with Gasteiger partial charge in [0.1, 0.15) is 0 Å². The van der Waals surface area contributed by atoms with E-state index in [1.807, 2.05) is 49.3 Å². The Kier molecular flexibility index (Phi) is 8.14. The lowest BCUT2D eigenvalue weighted by atomic mass is 9.98. The molecule has 9 heteroatoms. The zero-order chi connectivity index (χ0) is 27.4. The summed E-state index contributed by atoms with van der Waals surface area (Å²) < 4.78 is 0. The van der Waals surface area contributed by atoms with Gasteiger partial charge in [-0.05, 0) is 67.7 Å². The molecule has 0 atom stereocenters. The Bertz CT molecular complexity index is 1420. The van der Waals surface area contributed by atoms with Crippen molar-refractivity contribution >= 4 is 57.7 Å². The van der Waals surface area contributed by atoms with Gasteiger partial charge in [0.05, 0.1) is 23.4 Å². The molecule has 0 saturated heterocycles. The second kappa shape index (κ2) is 11.5. The average molecular weight is 533 g/mol. The lowest BCUT2D eigenvalue weighted by Crippen LogP contribution is -2.35. The van der Waals surface area contributed by atoms with Gasteiger partial charge in [-0.3, -0.25) is 14.4 Å². The number of carboxylic acids is 1. The van der Waals surface area contributed by atoms with Crippen molar-refractivity contribution in [3.8, 4) is 0 Å². The number of likely N-dealkylation sites (N-methyl/N-ethyl adjacent to an activating group) is 1. The first kappa shape index (κ1) is 26.9. The van der Waals surface area contributed by atoms with Crippen LogP contribution in [0.15, 0.2) is 66.7 Å². The van der Waals surface area contributed by atoms with E-state index in [1.165, 1.54) is 6.92 Å². The number of hydrogen-bond donors (Lipinski definition) is 3. The molecule has 38 heavy (non-hydrogen) atoms. The number of fused-ring (bicyclic) bond motifs is 1. The normalized spacial score (nSPS) is 13.7. The van der Waals surface area contributed by atoms with Crippen molar-refractivity contribution in [3.63, 3.8) is 0 Å². The summed E-state index contributed by atoms with van der Waals surface area (Å²) in [7, 11) is 3.91. The average Bonchev–Trinajstić information content (AvgIpc) is 3.17. The Labute approximate surface area is 226 Å². The van der Waals surface area contributed by atoms with Crippen LogP contribution >= 0.6 is 11.6 Å². The quantitative estimate of drug-likeness (QED) is 0.342. The third-order valence-electron chi connectivity index (χ3n) is 6.15. The zero-order valence-electron chi connectivity index (χ0n) is 21.4. The first-order valence-corrected chi connectivity index (χ1v) is 12.5. The van der Waals surface area contributed by atoms with E-state index in [0.29, 0.717) is 50.9 Å². The first-order valence-electron chi connectivity index (χ1n) is 12.1. The maximum absolute atomic E-state index is 13.2. The Hall–Kier alpha value is -4.14. The molecule has 2 amide bonds. The minimum atomic E-state index is -0.942. The highest BCUT2D eigenvalue weighted by molar-refractivity contribution is 6.38. The van der Waals surface area contributed by atoms with Crippen molar-refractivity contribution in [2.24, 2.45) is 0 Å². The number of rotatable bonds is 9. The lowest BCUT2D eigenvalue weighted by molar-refractivity contribution is -0.136. The van der Waals surface area contributed by atoms with Crippen molar-refractivity contribution in [3.05, 3.63) is 88.4 Å². The van der Waals surface area contributed by atoms with E-state index >= 15 is 0 Å². The summed E-state index contributed by atoms with van der Waals surface area (Å²) in [6, 6.07) is 19.7. The molecule has 0 fully saturated rings. The monoisotopic (exact) mass is 532 g/mol. The van der Waals surface area contributed by atoms with Gasteiger partial charge in [-0.25, -0.2) is 0 Å². The first-order chi connectivity index (χ1) is 18.1. The summed E-state index contributed by atoms with van der Waals surface area (Å²) in [5.74, 6) is -1.29. The van der Waals surface area contributed by atoms with Crippen LogP contribution in [0.5, 0.6) is 0 Å². The molecule has 1 aliphatic rings. The molecule has 0 spiro atoms. The minimum Gasteiger partial charge on any atom is -0.481 e. The number of carbonyl (C=O) groups excluding carboxylic acids is 2. The Morgan fingerprint density at radius 3 is 2.39 bits per heavy atom. The molecule has 0 bridgehead atoms. The molecule has 0 aliphatic carbocycles. The fourth-order valence-electron chi connectivity index (χ4n) is 4.32. The van der Waals surface area contributed by atoms with Crippen molar-refractivity contribution in [2.75, 3.05) is 42.7 Å². The van der Waals surface area contributed by atoms with E-state index in [0.717, 1.165) is 12.2 Å². The summed E-state index contributed by atoms with van der Waals surface area (Å²) in [5.41, 5.74) is 4.98. The summed E-state index contributed by atoms with van der Waals surface area (Å²) in [4.78, 5) is 40.5. The van der Waals surface area contributed by atoms with Gasteiger partial charge in [0, 0.05) is 42.0 Å². The van der Waals surface area contributed by atoms with Crippen LogP contribution in [0.25, 0.3) is 11.3 Å². The van der Waals surface area contributed by atoms with E-state index in [-0.39, 0.29) is 18.2 Å². The number of hydrogen-bond acceptors (Lipinski definition) is 5. The van der Waals surface area contributed by atoms with Crippen molar-refractivity contribution in [2.45, 2.75) is 13.3 Å². The predicted octanol–water partition coefficient (Wildman–Crippen LogP) is 4.81. The number of anilines is 3.